The molecule has 8 heteroatoms. The van der Waals surface area contributed by atoms with E-state index in [0.29, 0.717) is 37.1 Å². The number of fused-ring (bicyclic) bond motifs is 1. The fraction of sp³-hybridized carbons (Fsp3) is 0.219. The molecule has 2 unspecified atom stereocenters. The number of halogens is 2. The molecule has 200 valence electrons. The van der Waals surface area contributed by atoms with Crippen LogP contribution >= 0.6 is 23.2 Å². The van der Waals surface area contributed by atoms with Crippen LogP contribution in [0, 0.1) is 5.92 Å². The van der Waals surface area contributed by atoms with Crippen LogP contribution in [-0.4, -0.2) is 51.5 Å². The first-order valence-electron chi connectivity index (χ1n) is 13.5. The average molecular weight is 569 g/mol. The molecule has 6 nitrogen and oxygen atoms in total. The van der Waals surface area contributed by atoms with E-state index in [0.717, 1.165) is 45.1 Å². The van der Waals surface area contributed by atoms with E-state index in [4.69, 9.17) is 33.2 Å². The third-order valence-electron chi connectivity index (χ3n) is 8.03. The Hall–Kier alpha value is -3.87. The van der Waals surface area contributed by atoms with Crippen molar-refractivity contribution in [2.24, 2.45) is 5.92 Å². The Morgan fingerprint density at radius 2 is 1.60 bits per heavy atom. The molecule has 1 saturated heterocycles. The highest BCUT2D eigenvalue weighted by Crippen LogP contribution is 2.48. The second-order valence-corrected chi connectivity index (χ2v) is 11.3. The molecule has 0 radical (unpaired) electrons. The summed E-state index contributed by atoms with van der Waals surface area (Å²) in [6, 6.07) is 26.0. The topological polar surface area (TPSA) is 54.3 Å². The van der Waals surface area contributed by atoms with Gasteiger partial charge in [0, 0.05) is 59.6 Å². The Labute approximate surface area is 242 Å². The summed E-state index contributed by atoms with van der Waals surface area (Å²) < 4.78 is 2.08. The number of carbonyl (C=O) groups is 1. The monoisotopic (exact) mass is 567 g/mol. The minimum Gasteiger partial charge on any atom is -0.352 e. The molecule has 1 aliphatic heterocycles. The van der Waals surface area contributed by atoms with E-state index >= 15 is 0 Å². The van der Waals surface area contributed by atoms with Crippen molar-refractivity contribution in [3.8, 4) is 16.8 Å². The number of anilines is 1. The van der Waals surface area contributed by atoms with Gasteiger partial charge < -0.3 is 14.4 Å². The highest BCUT2D eigenvalue weighted by Gasteiger charge is 2.46. The van der Waals surface area contributed by atoms with Crippen LogP contribution in [0.3, 0.4) is 0 Å². The Bertz CT molecular complexity index is 1690. The van der Waals surface area contributed by atoms with Crippen molar-refractivity contribution in [2.75, 3.05) is 31.1 Å². The highest BCUT2D eigenvalue weighted by molar-refractivity contribution is 6.31. The molecule has 2 fully saturated rings. The molecule has 40 heavy (non-hydrogen) atoms. The zero-order chi connectivity index (χ0) is 27.2. The van der Waals surface area contributed by atoms with E-state index in [1.165, 1.54) is 5.56 Å². The lowest BCUT2D eigenvalue weighted by Gasteiger charge is -2.36. The fourth-order valence-corrected chi connectivity index (χ4v) is 6.17. The predicted molar refractivity (Wildman–Crippen MR) is 160 cm³/mol. The van der Waals surface area contributed by atoms with Crippen molar-refractivity contribution >= 4 is 46.0 Å². The molecule has 7 rings (SSSR count). The van der Waals surface area contributed by atoms with Gasteiger partial charge in [-0.3, -0.25) is 4.79 Å². The van der Waals surface area contributed by atoms with E-state index in [9.17, 15) is 4.79 Å². The number of carbonyl (C=O) groups excluding carboxylic acids is 1. The van der Waals surface area contributed by atoms with Crippen LogP contribution in [0.1, 0.15) is 17.9 Å². The Morgan fingerprint density at radius 3 is 2.35 bits per heavy atom. The van der Waals surface area contributed by atoms with Gasteiger partial charge in [0.25, 0.3) is 0 Å². The summed E-state index contributed by atoms with van der Waals surface area (Å²) in [5, 5.41) is 2.39. The number of rotatable bonds is 5. The lowest BCUT2D eigenvalue weighted by atomic mass is 10.1. The summed E-state index contributed by atoms with van der Waals surface area (Å²) in [6.45, 7) is 2.77. The maximum absolute atomic E-state index is 13.3. The van der Waals surface area contributed by atoms with Crippen molar-refractivity contribution in [2.45, 2.75) is 12.3 Å². The standard InChI is InChI=1S/C32H27Cl2N5O/c33-23-11-9-22(10-12-23)26-18-27(26)32(40)38-15-13-37(14-16-38)30-29-28(21-5-2-1-3-6-21)19-39(31(29)36-20-35-30)25-8-4-7-24(34)17-25/h1-12,17,19-20,26-27H,13-16,18H2. The Kier molecular flexibility index (Phi) is 6.45. The molecule has 0 N–H and O–H groups in total. The van der Waals surface area contributed by atoms with E-state index in [1.807, 2.05) is 71.6 Å². The van der Waals surface area contributed by atoms with Crippen LogP contribution in [0.15, 0.2) is 91.4 Å². The second kappa shape index (κ2) is 10.3. The number of hydrogen-bond acceptors (Lipinski definition) is 4. The molecule has 0 bridgehead atoms. The van der Waals surface area contributed by atoms with Gasteiger partial charge in [-0.05, 0) is 53.8 Å². The number of piperazine rings is 1. The van der Waals surface area contributed by atoms with Gasteiger partial charge in [0.05, 0.1) is 5.39 Å². The first kappa shape index (κ1) is 25.1. The van der Waals surface area contributed by atoms with Gasteiger partial charge in [-0.2, -0.15) is 0 Å². The van der Waals surface area contributed by atoms with Crippen LogP contribution in [0.2, 0.25) is 10.0 Å². The van der Waals surface area contributed by atoms with Crippen molar-refractivity contribution in [1.29, 1.82) is 0 Å². The summed E-state index contributed by atoms with van der Waals surface area (Å²) in [6.07, 6.45) is 4.66. The first-order chi connectivity index (χ1) is 19.6. The molecular formula is C32H27Cl2N5O. The lowest BCUT2D eigenvalue weighted by Crippen LogP contribution is -2.49. The lowest BCUT2D eigenvalue weighted by molar-refractivity contribution is -0.133. The van der Waals surface area contributed by atoms with E-state index in [1.54, 1.807) is 6.33 Å². The van der Waals surface area contributed by atoms with E-state index < -0.39 is 0 Å². The van der Waals surface area contributed by atoms with Gasteiger partial charge in [-0.15, -0.1) is 0 Å². The van der Waals surface area contributed by atoms with Gasteiger partial charge in [-0.25, -0.2) is 9.97 Å². The van der Waals surface area contributed by atoms with Crippen molar-refractivity contribution in [3.63, 3.8) is 0 Å². The van der Waals surface area contributed by atoms with Crippen LogP contribution in [0.5, 0.6) is 0 Å². The van der Waals surface area contributed by atoms with Gasteiger partial charge in [0.2, 0.25) is 5.91 Å². The maximum Gasteiger partial charge on any atom is 0.226 e. The van der Waals surface area contributed by atoms with Gasteiger partial charge >= 0.3 is 0 Å². The normalized spacial score (nSPS) is 18.8. The minimum atomic E-state index is 0.0647. The average Bonchev–Trinajstić information content (AvgIpc) is 3.70. The summed E-state index contributed by atoms with van der Waals surface area (Å²) in [5.74, 6) is 1.51. The molecule has 3 aromatic carbocycles. The molecule has 1 saturated carbocycles. The van der Waals surface area contributed by atoms with Crippen molar-refractivity contribution < 1.29 is 4.79 Å². The molecule has 2 atom stereocenters. The Morgan fingerprint density at radius 1 is 0.825 bits per heavy atom. The maximum atomic E-state index is 13.3. The van der Waals surface area contributed by atoms with Gasteiger partial charge in [-0.1, -0.05) is 71.7 Å². The van der Waals surface area contributed by atoms with Crippen LogP contribution in [-0.2, 0) is 4.79 Å². The predicted octanol–water partition coefficient (Wildman–Crippen LogP) is 6.85. The smallest absolute Gasteiger partial charge is 0.226 e. The zero-order valence-corrected chi connectivity index (χ0v) is 23.3. The van der Waals surface area contributed by atoms with E-state index in [2.05, 4.69) is 27.8 Å². The number of benzene rings is 3. The molecule has 2 aromatic heterocycles. The molecule has 2 aliphatic rings. The summed E-state index contributed by atoms with van der Waals surface area (Å²) in [7, 11) is 0. The van der Waals surface area contributed by atoms with Gasteiger partial charge in [0.15, 0.2) is 5.65 Å². The molecule has 1 amide bonds. The second-order valence-electron chi connectivity index (χ2n) is 10.5. The SMILES string of the molecule is O=C(C1CC1c1ccc(Cl)cc1)N1CCN(c2ncnc3c2c(-c2ccccc2)cn3-c2cccc(Cl)c2)CC1. The quantitative estimate of drug-likeness (QED) is 0.233. The van der Waals surface area contributed by atoms with Crippen molar-refractivity contribution in [1.82, 2.24) is 19.4 Å². The van der Waals surface area contributed by atoms with Crippen LogP contribution in [0.4, 0.5) is 5.82 Å². The van der Waals surface area contributed by atoms with Crippen molar-refractivity contribution in [3.05, 3.63) is 107 Å². The largest absolute Gasteiger partial charge is 0.352 e. The van der Waals surface area contributed by atoms with Crippen LogP contribution in [0.25, 0.3) is 27.8 Å². The molecule has 1 aliphatic carbocycles. The number of nitrogens with zero attached hydrogens (tertiary/aromatic N) is 5. The summed E-state index contributed by atoms with van der Waals surface area (Å²) >= 11 is 12.4. The number of hydrogen-bond donors (Lipinski definition) is 0. The van der Waals surface area contributed by atoms with Gasteiger partial charge in [0.1, 0.15) is 12.1 Å². The number of amides is 1. The van der Waals surface area contributed by atoms with Crippen LogP contribution < -0.4 is 4.90 Å². The third-order valence-corrected chi connectivity index (χ3v) is 8.52. The zero-order valence-electron chi connectivity index (χ0n) is 21.8. The van der Waals surface area contributed by atoms with E-state index in [-0.39, 0.29) is 11.8 Å². The Balaban J connectivity index is 1.17. The fourth-order valence-electron chi connectivity index (χ4n) is 5.86. The molecule has 5 aromatic rings. The highest BCUT2D eigenvalue weighted by atomic mass is 35.5. The minimum absolute atomic E-state index is 0.0647. The molecular weight excluding hydrogens is 541 g/mol. The summed E-state index contributed by atoms with van der Waals surface area (Å²) in [5.41, 5.74) is 5.13. The number of aromatic nitrogens is 3. The summed E-state index contributed by atoms with van der Waals surface area (Å²) in [4.78, 5) is 27.1. The first-order valence-corrected chi connectivity index (χ1v) is 14.3. The molecule has 0 spiro atoms. The molecule has 3 heterocycles. The third kappa shape index (κ3) is 4.61.